The molecule has 2 N–H and O–H groups in total. The Bertz CT molecular complexity index is 1130. The minimum atomic E-state index is -0.873. The van der Waals surface area contributed by atoms with Gasteiger partial charge in [-0.2, -0.15) is 0 Å². The van der Waals surface area contributed by atoms with Gasteiger partial charge in [0.25, 0.3) is 0 Å². The van der Waals surface area contributed by atoms with Crippen LogP contribution in [0.2, 0.25) is 5.02 Å². The number of fused-ring (bicyclic) bond motifs is 1. The van der Waals surface area contributed by atoms with Gasteiger partial charge < -0.3 is 14.9 Å². The summed E-state index contributed by atoms with van der Waals surface area (Å²) in [5.74, 6) is -1.36. The number of aryl methyl sites for hydroxylation is 1. The fourth-order valence-corrected chi connectivity index (χ4v) is 6.24. The zero-order valence-corrected chi connectivity index (χ0v) is 22.1. The van der Waals surface area contributed by atoms with Gasteiger partial charge in [-0.3, -0.25) is 14.4 Å². The fourth-order valence-electron chi connectivity index (χ4n) is 4.70. The van der Waals surface area contributed by atoms with E-state index in [9.17, 15) is 24.6 Å². The number of hydrogen-bond donors (Lipinski definition) is 2. The molecule has 8 heteroatoms. The van der Waals surface area contributed by atoms with Gasteiger partial charge in [-0.25, -0.2) is 0 Å². The molecule has 1 aliphatic carbocycles. The summed E-state index contributed by atoms with van der Waals surface area (Å²) >= 11 is 8.14. The van der Waals surface area contributed by atoms with Crippen LogP contribution in [-0.4, -0.2) is 40.6 Å². The molecule has 0 bridgehead atoms. The van der Waals surface area contributed by atoms with Crippen LogP contribution in [0.15, 0.2) is 48.6 Å². The molecule has 6 nitrogen and oxygen atoms in total. The van der Waals surface area contributed by atoms with E-state index >= 15 is 0 Å². The van der Waals surface area contributed by atoms with E-state index in [0.717, 1.165) is 20.0 Å². The number of allylic oxidation sites excluding steroid dienone is 2. The average molecular weight is 533 g/mol. The summed E-state index contributed by atoms with van der Waals surface area (Å²) in [4.78, 5) is 35.4. The van der Waals surface area contributed by atoms with Crippen LogP contribution in [0, 0.1) is 17.3 Å². The maximum Gasteiger partial charge on any atom is 0.313 e. The number of esters is 1. The third-order valence-corrected chi connectivity index (χ3v) is 8.63. The maximum absolute atomic E-state index is 13.0. The van der Waals surface area contributed by atoms with Gasteiger partial charge in [0.1, 0.15) is 5.78 Å². The molecule has 194 valence electrons. The van der Waals surface area contributed by atoms with E-state index in [2.05, 4.69) is 4.74 Å². The van der Waals surface area contributed by atoms with Gasteiger partial charge in [-0.1, -0.05) is 68.0 Å². The number of unbranched alkanes of at least 4 members (excludes halogenated alkanes) is 1. The Morgan fingerprint density at radius 1 is 1.28 bits per heavy atom. The van der Waals surface area contributed by atoms with Gasteiger partial charge >= 0.3 is 12.4 Å². The summed E-state index contributed by atoms with van der Waals surface area (Å²) in [7, 11) is 0. The molecule has 0 aliphatic heterocycles. The zero-order chi connectivity index (χ0) is 26.3. The summed E-state index contributed by atoms with van der Waals surface area (Å²) in [5, 5.41) is 23.2. The lowest BCUT2D eigenvalue weighted by molar-refractivity contribution is -0.151. The minimum absolute atomic E-state index is 0.00425. The van der Waals surface area contributed by atoms with E-state index in [1.807, 2.05) is 36.4 Å². The van der Waals surface area contributed by atoms with Crippen molar-refractivity contribution in [3.8, 4) is 0 Å². The van der Waals surface area contributed by atoms with E-state index in [-0.39, 0.29) is 18.7 Å². The number of ketones is 1. The Morgan fingerprint density at radius 2 is 2.03 bits per heavy atom. The Hall–Kier alpha value is -2.32. The molecule has 0 amide bonds. The maximum atomic E-state index is 13.0. The van der Waals surface area contributed by atoms with E-state index in [1.54, 1.807) is 37.3 Å². The molecule has 1 heterocycles. The molecule has 3 rings (SSSR count). The van der Waals surface area contributed by atoms with Crippen LogP contribution < -0.4 is 0 Å². The van der Waals surface area contributed by atoms with Crippen LogP contribution in [0.5, 0.6) is 0 Å². The summed E-state index contributed by atoms with van der Waals surface area (Å²) in [6.07, 6.45) is 8.55. The van der Waals surface area contributed by atoms with Gasteiger partial charge in [-0.15, -0.1) is 11.3 Å². The Balaban J connectivity index is 1.57. The number of benzene rings is 1. The van der Waals surface area contributed by atoms with Gasteiger partial charge in [-0.05, 0) is 38.2 Å². The smallest absolute Gasteiger partial charge is 0.313 e. The van der Waals surface area contributed by atoms with Crippen molar-refractivity contribution in [2.75, 3.05) is 0 Å². The van der Waals surface area contributed by atoms with Crippen LogP contribution in [0.25, 0.3) is 10.1 Å². The molecule has 1 aliphatic rings. The SMILES string of the molecule is CC1(C)C(=O)[C@H](C/C=C\CCCC(=O)OC=O)[C@@H](/C=C/C(O)CCc2sc3ccccc3c2Cl)[C@@H]1O. The number of ether oxygens (including phenoxy) is 1. The highest BCUT2D eigenvalue weighted by atomic mass is 35.5. The second kappa shape index (κ2) is 12.8. The Labute approximate surface area is 220 Å². The number of aliphatic hydroxyl groups is 2. The molecule has 1 aromatic heterocycles. The molecule has 2 aromatic rings. The summed E-state index contributed by atoms with van der Waals surface area (Å²) in [5.41, 5.74) is -0.873. The van der Waals surface area contributed by atoms with Crippen molar-refractivity contribution >= 4 is 51.2 Å². The van der Waals surface area contributed by atoms with Crippen molar-refractivity contribution in [3.05, 3.63) is 58.5 Å². The lowest BCUT2D eigenvalue weighted by atomic mass is 9.86. The molecule has 1 unspecified atom stereocenters. The second-order valence-electron chi connectivity index (χ2n) is 9.73. The summed E-state index contributed by atoms with van der Waals surface area (Å²) in [6.45, 7) is 3.63. The van der Waals surface area contributed by atoms with Gasteiger partial charge in [0.05, 0.1) is 22.6 Å². The number of Topliss-reactive ketones (excluding diaryl/α,β-unsaturated/α-hetero) is 1. The summed E-state index contributed by atoms with van der Waals surface area (Å²) in [6, 6.07) is 7.95. The fraction of sp³-hybridized carbons (Fsp3) is 0.464. The largest absolute Gasteiger partial charge is 0.395 e. The monoisotopic (exact) mass is 532 g/mol. The molecule has 1 fully saturated rings. The van der Waals surface area contributed by atoms with E-state index < -0.39 is 35.4 Å². The molecular formula is C28H33ClO6S. The third-order valence-electron chi connectivity index (χ3n) is 6.85. The van der Waals surface area contributed by atoms with Crippen molar-refractivity contribution in [3.63, 3.8) is 0 Å². The highest BCUT2D eigenvalue weighted by Gasteiger charge is 2.52. The molecule has 0 radical (unpaired) electrons. The van der Waals surface area contributed by atoms with Crippen molar-refractivity contribution in [1.82, 2.24) is 0 Å². The molecule has 1 saturated carbocycles. The van der Waals surface area contributed by atoms with Crippen molar-refractivity contribution < 1.29 is 29.3 Å². The number of hydrogen-bond acceptors (Lipinski definition) is 7. The molecule has 4 atom stereocenters. The number of thiophene rings is 1. The minimum Gasteiger partial charge on any atom is -0.395 e. The molecule has 1 aromatic carbocycles. The number of carbonyl (C=O) groups is 3. The zero-order valence-electron chi connectivity index (χ0n) is 20.6. The van der Waals surface area contributed by atoms with Gasteiger partial charge in [0.2, 0.25) is 0 Å². The van der Waals surface area contributed by atoms with E-state index in [4.69, 9.17) is 11.6 Å². The van der Waals surface area contributed by atoms with Crippen molar-refractivity contribution in [2.45, 2.75) is 64.6 Å². The highest BCUT2D eigenvalue weighted by Crippen LogP contribution is 2.45. The standard InChI is InChI=1S/C28H33ClO6S/c1-28(2)26(33)19(9-5-3-4-6-12-24(32)35-17-30)20(27(28)34)15-13-18(31)14-16-23-25(29)21-10-7-8-11-22(21)36-23/h3,5,7-8,10-11,13,15,17-20,27,31,34H,4,6,9,12,14,16H2,1-2H3/b5-3-,15-13+/t18?,19-,20-,27+/m1/s1. The number of rotatable bonds is 12. The van der Waals surface area contributed by atoms with E-state index in [0.29, 0.717) is 32.1 Å². The lowest BCUT2D eigenvalue weighted by Crippen LogP contribution is -2.31. The number of halogens is 1. The number of aliphatic hydroxyl groups excluding tert-OH is 2. The van der Waals surface area contributed by atoms with Crippen LogP contribution in [0.4, 0.5) is 0 Å². The number of carbonyl (C=O) groups excluding carboxylic acids is 3. The summed E-state index contributed by atoms with van der Waals surface area (Å²) < 4.78 is 5.37. The van der Waals surface area contributed by atoms with Crippen LogP contribution >= 0.6 is 22.9 Å². The third kappa shape index (κ3) is 6.71. The van der Waals surface area contributed by atoms with Crippen molar-refractivity contribution in [1.29, 1.82) is 0 Å². The van der Waals surface area contributed by atoms with Crippen LogP contribution in [-0.2, 0) is 25.5 Å². The lowest BCUT2D eigenvalue weighted by Gasteiger charge is -2.22. The molecular weight excluding hydrogens is 500 g/mol. The predicted molar refractivity (Wildman–Crippen MR) is 142 cm³/mol. The first-order valence-electron chi connectivity index (χ1n) is 12.2. The first-order valence-corrected chi connectivity index (χ1v) is 13.4. The first-order chi connectivity index (χ1) is 17.2. The van der Waals surface area contributed by atoms with Crippen LogP contribution in [0.1, 0.15) is 50.8 Å². The Morgan fingerprint density at radius 3 is 2.75 bits per heavy atom. The average Bonchev–Trinajstić information content (AvgIpc) is 3.25. The van der Waals surface area contributed by atoms with E-state index in [1.165, 1.54) is 0 Å². The van der Waals surface area contributed by atoms with Crippen LogP contribution in [0.3, 0.4) is 0 Å². The predicted octanol–water partition coefficient (Wildman–Crippen LogP) is 5.42. The molecule has 0 saturated heterocycles. The normalized spacial score (nSPS) is 22.6. The van der Waals surface area contributed by atoms with Gasteiger partial charge in [0, 0.05) is 33.2 Å². The van der Waals surface area contributed by atoms with Gasteiger partial charge in [0.15, 0.2) is 0 Å². The second-order valence-corrected chi connectivity index (χ2v) is 11.2. The topological polar surface area (TPSA) is 101 Å². The highest BCUT2D eigenvalue weighted by molar-refractivity contribution is 7.19. The van der Waals surface area contributed by atoms with Crippen molar-refractivity contribution in [2.24, 2.45) is 17.3 Å². The molecule has 36 heavy (non-hydrogen) atoms. The first kappa shape index (κ1) is 28.3. The molecule has 0 spiro atoms. The quantitative estimate of drug-likeness (QED) is 0.124. The Kier molecular flexibility index (Phi) is 10.0.